The average Bonchev–Trinajstić information content (AvgIpc) is 3.05. The van der Waals surface area contributed by atoms with Crippen molar-refractivity contribution in [1.82, 2.24) is 9.55 Å². The third kappa shape index (κ3) is 3.69. The van der Waals surface area contributed by atoms with Gasteiger partial charge in [-0.15, -0.1) is 11.3 Å². The molecule has 0 saturated heterocycles. The summed E-state index contributed by atoms with van der Waals surface area (Å²) in [4.78, 5) is 31.3. The molecule has 0 radical (unpaired) electrons. The number of nitrogens with one attached hydrogen (secondary N) is 1. The number of carbonyl (C=O) groups is 1. The lowest BCUT2D eigenvalue weighted by molar-refractivity contribution is -0.116. The quantitative estimate of drug-likeness (QED) is 0.541. The van der Waals surface area contributed by atoms with Crippen molar-refractivity contribution < 1.29 is 9.18 Å². The summed E-state index contributed by atoms with van der Waals surface area (Å²) in [6.07, 6.45) is 1.38. The summed E-state index contributed by atoms with van der Waals surface area (Å²) in [7, 11) is 0. The number of rotatable bonds is 4. The predicted octanol–water partition coefficient (Wildman–Crippen LogP) is 4.52. The van der Waals surface area contributed by atoms with Gasteiger partial charge in [0.05, 0.1) is 11.7 Å². The van der Waals surface area contributed by atoms with Gasteiger partial charge in [-0.25, -0.2) is 9.37 Å². The minimum absolute atomic E-state index is 0.201. The largest absolute Gasteiger partial charge is 0.324 e. The fourth-order valence-electron chi connectivity index (χ4n) is 3.16. The molecule has 0 fully saturated rings. The Balaban J connectivity index is 1.64. The second kappa shape index (κ2) is 7.60. The van der Waals surface area contributed by atoms with Crippen LogP contribution in [0, 0.1) is 19.7 Å². The van der Waals surface area contributed by atoms with Crippen LogP contribution >= 0.6 is 11.3 Å². The Labute approximate surface area is 170 Å². The van der Waals surface area contributed by atoms with Gasteiger partial charge in [0.25, 0.3) is 5.56 Å². The lowest BCUT2D eigenvalue weighted by atomic mass is 10.1. The highest BCUT2D eigenvalue weighted by atomic mass is 32.1. The molecule has 4 aromatic rings. The van der Waals surface area contributed by atoms with Crippen LogP contribution in [0.1, 0.15) is 11.1 Å². The molecule has 146 valence electrons. The van der Waals surface area contributed by atoms with E-state index in [1.54, 1.807) is 19.1 Å². The SMILES string of the molecule is Cc1ccc(NC(=O)Cn2cnc3sc(-c4ccccc4)c(C)c3c2=O)cc1F. The first-order valence-corrected chi connectivity index (χ1v) is 9.85. The summed E-state index contributed by atoms with van der Waals surface area (Å²) in [6.45, 7) is 3.34. The Bertz CT molecular complexity index is 1280. The van der Waals surface area contributed by atoms with Crippen molar-refractivity contribution in [1.29, 1.82) is 0 Å². The normalized spacial score (nSPS) is 11.0. The lowest BCUT2D eigenvalue weighted by Gasteiger charge is -2.08. The van der Waals surface area contributed by atoms with E-state index < -0.39 is 11.7 Å². The van der Waals surface area contributed by atoms with Crippen LogP contribution in [0.15, 0.2) is 59.7 Å². The Morgan fingerprint density at radius 2 is 1.93 bits per heavy atom. The van der Waals surface area contributed by atoms with Crippen LogP contribution in [0.25, 0.3) is 20.7 Å². The third-order valence-electron chi connectivity index (χ3n) is 4.72. The first-order chi connectivity index (χ1) is 13.9. The number of hydrogen-bond acceptors (Lipinski definition) is 4. The van der Waals surface area contributed by atoms with Crippen LogP contribution < -0.4 is 10.9 Å². The molecule has 2 aromatic carbocycles. The van der Waals surface area contributed by atoms with Gasteiger partial charge in [0, 0.05) is 10.6 Å². The van der Waals surface area contributed by atoms with Gasteiger partial charge in [-0.3, -0.25) is 14.2 Å². The first kappa shape index (κ1) is 19.0. The van der Waals surface area contributed by atoms with Gasteiger partial charge < -0.3 is 5.32 Å². The summed E-state index contributed by atoms with van der Waals surface area (Å²) in [5, 5.41) is 3.13. The van der Waals surface area contributed by atoms with Crippen LogP contribution in [0.2, 0.25) is 0 Å². The van der Waals surface area contributed by atoms with E-state index in [0.717, 1.165) is 16.0 Å². The van der Waals surface area contributed by atoms with E-state index >= 15 is 0 Å². The van der Waals surface area contributed by atoms with Crippen LogP contribution in [-0.2, 0) is 11.3 Å². The van der Waals surface area contributed by atoms with Gasteiger partial charge in [0.1, 0.15) is 17.2 Å². The van der Waals surface area contributed by atoms with Crippen LogP contribution in [0.3, 0.4) is 0 Å². The third-order valence-corrected chi connectivity index (χ3v) is 5.97. The molecule has 0 atom stereocenters. The number of benzene rings is 2. The molecule has 1 N–H and O–H groups in total. The van der Waals surface area contributed by atoms with Crippen LogP contribution in [-0.4, -0.2) is 15.5 Å². The van der Waals surface area contributed by atoms with Crippen molar-refractivity contribution in [3.8, 4) is 10.4 Å². The molecule has 2 heterocycles. The van der Waals surface area contributed by atoms with Gasteiger partial charge in [0.2, 0.25) is 5.91 Å². The standard InChI is InChI=1S/C22H18FN3O2S/c1-13-8-9-16(10-17(13)23)25-18(27)11-26-12-24-21-19(22(26)28)14(2)20(29-21)15-6-4-3-5-7-15/h3-10,12H,11H2,1-2H3,(H,25,27). The Hall–Kier alpha value is -3.32. The number of thiophene rings is 1. The van der Waals surface area contributed by atoms with Gasteiger partial charge >= 0.3 is 0 Å². The summed E-state index contributed by atoms with van der Waals surface area (Å²) in [5.74, 6) is -0.821. The number of anilines is 1. The molecule has 2 aromatic heterocycles. The minimum Gasteiger partial charge on any atom is -0.324 e. The number of hydrogen-bond donors (Lipinski definition) is 1. The van der Waals surface area contributed by atoms with Gasteiger partial charge in [-0.05, 0) is 42.7 Å². The maximum absolute atomic E-state index is 13.7. The van der Waals surface area contributed by atoms with E-state index in [2.05, 4.69) is 10.3 Å². The second-order valence-electron chi connectivity index (χ2n) is 6.79. The number of aryl methyl sites for hydroxylation is 2. The summed E-state index contributed by atoms with van der Waals surface area (Å²) in [6, 6.07) is 14.3. The molecule has 1 amide bonds. The molecule has 0 unspecified atom stereocenters. The van der Waals surface area contributed by atoms with E-state index in [0.29, 0.717) is 21.5 Å². The summed E-state index contributed by atoms with van der Waals surface area (Å²) in [5.41, 5.74) is 2.45. The van der Waals surface area contributed by atoms with Crippen molar-refractivity contribution in [3.63, 3.8) is 0 Å². The molecule has 29 heavy (non-hydrogen) atoms. The molecule has 7 heteroatoms. The maximum Gasteiger partial charge on any atom is 0.262 e. The molecule has 0 saturated carbocycles. The van der Waals surface area contributed by atoms with E-state index in [-0.39, 0.29) is 12.1 Å². The number of amides is 1. The van der Waals surface area contributed by atoms with Crippen LogP contribution in [0.5, 0.6) is 0 Å². The molecule has 0 bridgehead atoms. The van der Waals surface area contributed by atoms with Crippen molar-refractivity contribution >= 4 is 33.1 Å². The zero-order valence-corrected chi connectivity index (χ0v) is 16.7. The van der Waals surface area contributed by atoms with Crippen molar-refractivity contribution in [2.75, 3.05) is 5.32 Å². The highest BCUT2D eigenvalue weighted by Gasteiger charge is 2.16. The first-order valence-electron chi connectivity index (χ1n) is 9.04. The topological polar surface area (TPSA) is 64.0 Å². The Kier molecular flexibility index (Phi) is 4.98. The average molecular weight is 407 g/mol. The monoisotopic (exact) mass is 407 g/mol. The van der Waals surface area contributed by atoms with E-state index in [1.807, 2.05) is 37.3 Å². The molecule has 0 aliphatic rings. The lowest BCUT2D eigenvalue weighted by Crippen LogP contribution is -2.27. The summed E-state index contributed by atoms with van der Waals surface area (Å²) < 4.78 is 14.9. The van der Waals surface area contributed by atoms with Crippen molar-refractivity contribution in [2.24, 2.45) is 0 Å². The number of fused-ring (bicyclic) bond motifs is 1. The summed E-state index contributed by atoms with van der Waals surface area (Å²) >= 11 is 1.46. The number of halogens is 1. The van der Waals surface area contributed by atoms with Crippen LogP contribution in [0.4, 0.5) is 10.1 Å². The highest BCUT2D eigenvalue weighted by molar-refractivity contribution is 7.22. The minimum atomic E-state index is -0.423. The van der Waals surface area contributed by atoms with E-state index in [1.165, 1.54) is 28.3 Å². The fourth-order valence-corrected chi connectivity index (χ4v) is 4.31. The number of carbonyl (C=O) groups excluding carboxylic acids is 1. The molecule has 0 spiro atoms. The molecule has 0 aliphatic carbocycles. The molecule has 0 aliphatic heterocycles. The molecule has 5 nitrogen and oxygen atoms in total. The zero-order valence-electron chi connectivity index (χ0n) is 15.9. The number of aromatic nitrogens is 2. The van der Waals surface area contributed by atoms with E-state index in [9.17, 15) is 14.0 Å². The van der Waals surface area contributed by atoms with Gasteiger partial charge in [-0.2, -0.15) is 0 Å². The zero-order chi connectivity index (χ0) is 20.5. The predicted molar refractivity (Wildman–Crippen MR) is 114 cm³/mol. The van der Waals surface area contributed by atoms with E-state index in [4.69, 9.17) is 0 Å². The fraction of sp³-hybridized carbons (Fsp3) is 0.136. The second-order valence-corrected chi connectivity index (χ2v) is 7.79. The molecular formula is C22H18FN3O2S. The smallest absolute Gasteiger partial charge is 0.262 e. The Morgan fingerprint density at radius 3 is 2.66 bits per heavy atom. The number of nitrogens with zero attached hydrogens (tertiary/aromatic N) is 2. The van der Waals surface area contributed by atoms with Crippen molar-refractivity contribution in [3.05, 3.63) is 82.2 Å². The van der Waals surface area contributed by atoms with Gasteiger partial charge in [-0.1, -0.05) is 36.4 Å². The maximum atomic E-state index is 13.7. The molecule has 4 rings (SSSR count). The highest BCUT2D eigenvalue weighted by Crippen LogP contribution is 2.35. The van der Waals surface area contributed by atoms with Crippen molar-refractivity contribution in [2.45, 2.75) is 20.4 Å². The van der Waals surface area contributed by atoms with Gasteiger partial charge in [0.15, 0.2) is 0 Å². The Morgan fingerprint density at radius 1 is 1.17 bits per heavy atom. The molecular weight excluding hydrogens is 389 g/mol.